The Labute approximate surface area is 204 Å². The Morgan fingerprint density at radius 2 is 1.57 bits per heavy atom. The molecule has 3 aliphatic carbocycles. The van der Waals surface area contributed by atoms with Crippen molar-refractivity contribution < 1.29 is 24.2 Å². The van der Waals surface area contributed by atoms with E-state index < -0.39 is 12.1 Å². The summed E-state index contributed by atoms with van der Waals surface area (Å²) in [7, 11) is 0. The first-order valence-electron chi connectivity index (χ1n) is 12.6. The fourth-order valence-electron chi connectivity index (χ4n) is 6.67. The number of fused-ring (bicyclic) bond motifs is 4. The Hall–Kier alpha value is -3.35. The van der Waals surface area contributed by atoms with Crippen LogP contribution in [0.1, 0.15) is 42.7 Å². The van der Waals surface area contributed by atoms with Crippen LogP contribution in [0.5, 0.6) is 0 Å². The molecule has 0 bridgehead atoms. The molecule has 7 heteroatoms. The second-order valence-electron chi connectivity index (χ2n) is 10.5. The van der Waals surface area contributed by atoms with Gasteiger partial charge in [0.15, 0.2) is 0 Å². The van der Waals surface area contributed by atoms with E-state index in [9.17, 15) is 14.4 Å². The zero-order valence-corrected chi connectivity index (χ0v) is 19.6. The minimum atomic E-state index is -0.731. The molecule has 2 aromatic rings. The first-order chi connectivity index (χ1) is 17.0. The van der Waals surface area contributed by atoms with Crippen molar-refractivity contribution in [3.05, 3.63) is 59.7 Å². The number of likely N-dealkylation sites (tertiary alicyclic amines) is 1. The standard InChI is InChI=1S/C28H30N2O5/c31-25(30-13-22-23(14-30)26(22)27(32)33)12-16-9-10-17(11-16)29-28(34)35-15-24-20-7-3-1-5-18(20)19-6-2-4-8-21(19)24/h1-8,16-17,22-24,26H,9-15H2,(H,29,34)(H,32,33)/t16?,17?,22-,23+,26?. The lowest BCUT2D eigenvalue weighted by Gasteiger charge is -2.21. The highest BCUT2D eigenvalue weighted by Gasteiger charge is 2.60. The summed E-state index contributed by atoms with van der Waals surface area (Å²) in [6.45, 7) is 1.45. The number of alkyl carbamates (subject to hydrolysis) is 1. The molecule has 3 fully saturated rings. The van der Waals surface area contributed by atoms with E-state index >= 15 is 0 Å². The third-order valence-corrected chi connectivity index (χ3v) is 8.50. The van der Waals surface area contributed by atoms with Crippen molar-refractivity contribution in [3.8, 4) is 11.1 Å². The number of ether oxygens (including phenoxy) is 1. The number of aliphatic carboxylic acids is 1. The summed E-state index contributed by atoms with van der Waals surface area (Å²) >= 11 is 0. The van der Waals surface area contributed by atoms with Crippen LogP contribution in [-0.2, 0) is 14.3 Å². The number of carboxylic acids is 1. The summed E-state index contributed by atoms with van der Waals surface area (Å²) < 4.78 is 5.67. The number of nitrogens with zero attached hydrogens (tertiary/aromatic N) is 1. The monoisotopic (exact) mass is 474 g/mol. The predicted molar refractivity (Wildman–Crippen MR) is 129 cm³/mol. The SMILES string of the molecule is O=C(NC1CCC(CC(=O)N2C[C@@H]3C(C(=O)O)[C@@H]3C2)C1)OCC1c2ccccc2-c2ccccc21. The smallest absolute Gasteiger partial charge is 0.407 e. The highest BCUT2D eigenvalue weighted by Crippen LogP contribution is 2.52. The van der Waals surface area contributed by atoms with Crippen LogP contribution in [0.2, 0.25) is 0 Å². The van der Waals surface area contributed by atoms with Crippen molar-refractivity contribution in [1.82, 2.24) is 10.2 Å². The highest BCUT2D eigenvalue weighted by atomic mass is 16.5. The number of carboxylic acid groups (broad SMARTS) is 1. The van der Waals surface area contributed by atoms with Crippen LogP contribution in [-0.4, -0.2) is 53.7 Å². The van der Waals surface area contributed by atoms with Gasteiger partial charge in [-0.25, -0.2) is 4.79 Å². The first-order valence-corrected chi connectivity index (χ1v) is 12.6. The summed E-state index contributed by atoms with van der Waals surface area (Å²) in [5, 5.41) is 12.2. The van der Waals surface area contributed by atoms with Gasteiger partial charge in [0.05, 0.1) is 5.92 Å². The molecule has 1 heterocycles. The zero-order chi connectivity index (χ0) is 24.1. The Kier molecular flexibility index (Phi) is 5.50. The Bertz CT molecular complexity index is 1120. The van der Waals surface area contributed by atoms with Crippen LogP contribution in [0, 0.1) is 23.7 Å². The van der Waals surface area contributed by atoms with E-state index in [0.29, 0.717) is 26.1 Å². The molecule has 2 aromatic carbocycles. The van der Waals surface area contributed by atoms with Crippen LogP contribution < -0.4 is 5.32 Å². The number of amides is 2. The van der Waals surface area contributed by atoms with Gasteiger partial charge in [-0.3, -0.25) is 9.59 Å². The molecule has 5 atom stereocenters. The quantitative estimate of drug-likeness (QED) is 0.663. The fourth-order valence-corrected chi connectivity index (χ4v) is 6.67. The second-order valence-corrected chi connectivity index (χ2v) is 10.5. The zero-order valence-electron chi connectivity index (χ0n) is 19.6. The third-order valence-electron chi connectivity index (χ3n) is 8.50. The van der Waals surface area contributed by atoms with E-state index in [1.807, 2.05) is 29.2 Å². The lowest BCUT2D eigenvalue weighted by atomic mass is 9.98. The number of piperidine rings is 1. The molecular formula is C28H30N2O5. The maximum atomic E-state index is 12.7. The van der Waals surface area contributed by atoms with Crippen LogP contribution in [0.3, 0.4) is 0 Å². The highest BCUT2D eigenvalue weighted by molar-refractivity contribution is 5.80. The minimum absolute atomic E-state index is 0.0202. The molecule has 35 heavy (non-hydrogen) atoms. The molecule has 1 saturated heterocycles. The maximum absolute atomic E-state index is 12.7. The van der Waals surface area contributed by atoms with Crippen molar-refractivity contribution in [2.75, 3.05) is 19.7 Å². The predicted octanol–water partition coefficient (Wildman–Crippen LogP) is 3.87. The third kappa shape index (κ3) is 4.07. The average molecular weight is 475 g/mol. The van der Waals surface area contributed by atoms with Gasteiger partial charge in [-0.05, 0) is 59.3 Å². The lowest BCUT2D eigenvalue weighted by molar-refractivity contribution is -0.141. The Morgan fingerprint density at radius 3 is 2.20 bits per heavy atom. The van der Waals surface area contributed by atoms with E-state index in [1.165, 1.54) is 22.3 Å². The Balaban J connectivity index is 0.972. The molecule has 0 aromatic heterocycles. The van der Waals surface area contributed by atoms with Gasteiger partial charge < -0.3 is 20.1 Å². The summed E-state index contributed by atoms with van der Waals surface area (Å²) in [5.74, 6) is -0.302. The van der Waals surface area contributed by atoms with Gasteiger partial charge in [0, 0.05) is 31.5 Å². The molecule has 0 spiro atoms. The largest absolute Gasteiger partial charge is 0.481 e. The number of carbonyl (C=O) groups is 3. The van der Waals surface area contributed by atoms with Gasteiger partial charge in [-0.15, -0.1) is 0 Å². The van der Waals surface area contributed by atoms with Crippen molar-refractivity contribution in [2.24, 2.45) is 23.7 Å². The average Bonchev–Trinajstić information content (AvgIpc) is 3.17. The number of nitrogens with one attached hydrogen (secondary N) is 1. The molecule has 3 unspecified atom stereocenters. The molecule has 7 nitrogen and oxygen atoms in total. The molecule has 4 aliphatic rings. The minimum Gasteiger partial charge on any atom is -0.481 e. The van der Waals surface area contributed by atoms with Crippen molar-refractivity contribution in [1.29, 1.82) is 0 Å². The molecule has 1 aliphatic heterocycles. The maximum Gasteiger partial charge on any atom is 0.407 e. The molecule has 182 valence electrons. The van der Waals surface area contributed by atoms with E-state index in [2.05, 4.69) is 29.6 Å². The van der Waals surface area contributed by atoms with Gasteiger partial charge in [-0.2, -0.15) is 0 Å². The van der Waals surface area contributed by atoms with Crippen LogP contribution in [0.25, 0.3) is 11.1 Å². The van der Waals surface area contributed by atoms with Gasteiger partial charge in [-0.1, -0.05) is 48.5 Å². The number of hydrogen-bond donors (Lipinski definition) is 2. The van der Waals surface area contributed by atoms with E-state index in [1.54, 1.807) is 0 Å². The molecule has 2 saturated carbocycles. The number of benzene rings is 2. The normalized spacial score (nSPS) is 28.2. The van der Waals surface area contributed by atoms with Gasteiger partial charge in [0.1, 0.15) is 6.61 Å². The van der Waals surface area contributed by atoms with Crippen molar-refractivity contribution in [2.45, 2.75) is 37.6 Å². The summed E-state index contributed by atoms with van der Waals surface area (Å²) in [6, 6.07) is 16.6. The fraction of sp³-hybridized carbons (Fsp3) is 0.464. The lowest BCUT2D eigenvalue weighted by Crippen LogP contribution is -2.35. The molecule has 2 amide bonds. The van der Waals surface area contributed by atoms with Crippen LogP contribution in [0.4, 0.5) is 4.79 Å². The van der Waals surface area contributed by atoms with Crippen LogP contribution in [0.15, 0.2) is 48.5 Å². The molecule has 0 radical (unpaired) electrons. The van der Waals surface area contributed by atoms with E-state index in [-0.39, 0.29) is 41.5 Å². The number of hydrogen-bond acceptors (Lipinski definition) is 4. The van der Waals surface area contributed by atoms with Crippen molar-refractivity contribution in [3.63, 3.8) is 0 Å². The van der Waals surface area contributed by atoms with Gasteiger partial charge in [0.2, 0.25) is 5.91 Å². The van der Waals surface area contributed by atoms with E-state index in [0.717, 1.165) is 19.3 Å². The molecule has 2 N–H and O–H groups in total. The van der Waals surface area contributed by atoms with E-state index in [4.69, 9.17) is 9.84 Å². The number of carbonyl (C=O) groups excluding carboxylic acids is 2. The Morgan fingerprint density at radius 1 is 0.943 bits per heavy atom. The number of rotatable bonds is 6. The summed E-state index contributed by atoms with van der Waals surface area (Å²) in [4.78, 5) is 38.2. The first kappa shape index (κ1) is 22.1. The second kappa shape index (κ2) is 8.70. The summed E-state index contributed by atoms with van der Waals surface area (Å²) in [5.41, 5.74) is 4.79. The van der Waals surface area contributed by atoms with Crippen molar-refractivity contribution >= 4 is 18.0 Å². The molecule has 6 rings (SSSR count). The summed E-state index contributed by atoms with van der Waals surface area (Å²) in [6.07, 6.45) is 2.59. The van der Waals surface area contributed by atoms with Crippen LogP contribution >= 0.6 is 0 Å². The van der Waals surface area contributed by atoms with Gasteiger partial charge >= 0.3 is 12.1 Å². The molecular weight excluding hydrogens is 444 g/mol. The van der Waals surface area contributed by atoms with Gasteiger partial charge in [0.25, 0.3) is 0 Å². The topological polar surface area (TPSA) is 95.9 Å².